The van der Waals surface area contributed by atoms with Crippen molar-refractivity contribution in [2.45, 2.75) is 40.0 Å². The number of oxime groups is 1. The minimum Gasteiger partial charge on any atom is -0.409 e. The summed E-state index contributed by atoms with van der Waals surface area (Å²) in [6.07, 6.45) is 3.24. The van der Waals surface area contributed by atoms with E-state index < -0.39 is 5.92 Å². The molecule has 18 heavy (non-hydrogen) atoms. The van der Waals surface area contributed by atoms with E-state index in [1.54, 1.807) is 0 Å². The second-order valence-corrected chi connectivity index (χ2v) is 5.61. The SMILES string of the molecule is CC1CCCN(C(=O)C(C(N)=NO)C(C)C)CC1. The largest absolute Gasteiger partial charge is 0.409 e. The van der Waals surface area contributed by atoms with Crippen molar-refractivity contribution < 1.29 is 10.0 Å². The van der Waals surface area contributed by atoms with Crippen LogP contribution < -0.4 is 5.73 Å². The first-order chi connectivity index (χ1) is 8.47. The minimum absolute atomic E-state index is 0.00519. The molecule has 1 aliphatic heterocycles. The van der Waals surface area contributed by atoms with Gasteiger partial charge in [0.1, 0.15) is 5.92 Å². The van der Waals surface area contributed by atoms with Crippen LogP contribution >= 0.6 is 0 Å². The van der Waals surface area contributed by atoms with E-state index in [0.717, 1.165) is 25.9 Å². The third-order valence-electron chi connectivity index (χ3n) is 3.70. The van der Waals surface area contributed by atoms with Crippen molar-refractivity contribution in [3.63, 3.8) is 0 Å². The van der Waals surface area contributed by atoms with Crippen LogP contribution in [0.5, 0.6) is 0 Å². The number of amides is 1. The quantitative estimate of drug-likeness (QED) is 0.348. The summed E-state index contributed by atoms with van der Waals surface area (Å²) < 4.78 is 0. The van der Waals surface area contributed by atoms with Crippen molar-refractivity contribution >= 4 is 11.7 Å². The zero-order valence-corrected chi connectivity index (χ0v) is 11.6. The van der Waals surface area contributed by atoms with Crippen LogP contribution in [0, 0.1) is 17.8 Å². The lowest BCUT2D eigenvalue weighted by Gasteiger charge is -2.27. The highest BCUT2D eigenvalue weighted by Gasteiger charge is 2.31. The second-order valence-electron chi connectivity index (χ2n) is 5.61. The Labute approximate surface area is 109 Å². The predicted molar refractivity (Wildman–Crippen MR) is 71.3 cm³/mol. The predicted octanol–water partition coefficient (Wildman–Crippen LogP) is 1.65. The van der Waals surface area contributed by atoms with Gasteiger partial charge in [0.05, 0.1) is 0 Å². The molecule has 104 valence electrons. The Morgan fingerprint density at radius 2 is 2.06 bits per heavy atom. The number of hydrogen-bond donors (Lipinski definition) is 2. The molecule has 0 aromatic heterocycles. The molecule has 1 amide bonds. The molecule has 0 aliphatic carbocycles. The summed E-state index contributed by atoms with van der Waals surface area (Å²) in [5.74, 6) is 0.211. The van der Waals surface area contributed by atoms with Crippen molar-refractivity contribution in [1.82, 2.24) is 4.90 Å². The van der Waals surface area contributed by atoms with Crippen LogP contribution in [0.2, 0.25) is 0 Å². The Kier molecular flexibility index (Phi) is 5.44. The molecule has 0 spiro atoms. The summed E-state index contributed by atoms with van der Waals surface area (Å²) in [4.78, 5) is 14.3. The normalized spacial score (nSPS) is 23.9. The molecule has 0 aromatic carbocycles. The molecule has 3 N–H and O–H groups in total. The van der Waals surface area contributed by atoms with E-state index >= 15 is 0 Å². The monoisotopic (exact) mass is 255 g/mol. The minimum atomic E-state index is -0.511. The number of amidine groups is 1. The van der Waals surface area contributed by atoms with Gasteiger partial charge in [-0.3, -0.25) is 4.79 Å². The van der Waals surface area contributed by atoms with E-state index in [-0.39, 0.29) is 17.7 Å². The molecule has 2 atom stereocenters. The zero-order chi connectivity index (χ0) is 13.7. The summed E-state index contributed by atoms with van der Waals surface area (Å²) in [5.41, 5.74) is 5.64. The lowest BCUT2D eigenvalue weighted by atomic mass is 9.93. The number of rotatable bonds is 3. The smallest absolute Gasteiger partial charge is 0.233 e. The molecular formula is C13H25N3O2. The average Bonchev–Trinajstić information content (AvgIpc) is 2.53. The van der Waals surface area contributed by atoms with Crippen molar-refractivity contribution in [1.29, 1.82) is 0 Å². The Morgan fingerprint density at radius 1 is 1.39 bits per heavy atom. The van der Waals surface area contributed by atoms with E-state index in [4.69, 9.17) is 10.9 Å². The van der Waals surface area contributed by atoms with Crippen LogP contribution in [0.4, 0.5) is 0 Å². The maximum absolute atomic E-state index is 12.5. The first-order valence-electron chi connectivity index (χ1n) is 6.73. The van der Waals surface area contributed by atoms with Crippen molar-refractivity contribution in [3.8, 4) is 0 Å². The summed E-state index contributed by atoms with van der Waals surface area (Å²) in [7, 11) is 0. The van der Waals surface area contributed by atoms with Gasteiger partial charge in [0.25, 0.3) is 0 Å². The van der Waals surface area contributed by atoms with Crippen LogP contribution in [0.3, 0.4) is 0 Å². The van der Waals surface area contributed by atoms with E-state index in [1.807, 2.05) is 18.7 Å². The Morgan fingerprint density at radius 3 is 2.61 bits per heavy atom. The van der Waals surface area contributed by atoms with Gasteiger partial charge < -0.3 is 15.8 Å². The molecule has 0 radical (unpaired) electrons. The summed E-state index contributed by atoms with van der Waals surface area (Å²) in [6.45, 7) is 7.62. The first kappa shape index (κ1) is 14.8. The maximum atomic E-state index is 12.5. The first-order valence-corrected chi connectivity index (χ1v) is 6.73. The Hall–Kier alpha value is -1.26. The topological polar surface area (TPSA) is 78.9 Å². The highest BCUT2D eigenvalue weighted by molar-refractivity contribution is 6.02. The average molecular weight is 255 g/mol. The van der Waals surface area contributed by atoms with E-state index in [2.05, 4.69) is 12.1 Å². The number of carbonyl (C=O) groups excluding carboxylic acids is 1. The van der Waals surface area contributed by atoms with Gasteiger partial charge in [0, 0.05) is 13.1 Å². The molecule has 0 aromatic rings. The molecule has 2 unspecified atom stereocenters. The maximum Gasteiger partial charge on any atom is 0.233 e. The van der Waals surface area contributed by atoms with Crippen LogP contribution in [-0.2, 0) is 4.79 Å². The Balaban J connectivity index is 2.76. The second kappa shape index (κ2) is 6.61. The molecule has 5 nitrogen and oxygen atoms in total. The van der Waals surface area contributed by atoms with Gasteiger partial charge in [-0.25, -0.2) is 0 Å². The standard InChI is InChI=1S/C13H25N3O2/c1-9(2)11(12(14)15-18)13(17)16-7-4-5-10(3)6-8-16/h9-11,18H,4-8H2,1-3H3,(H2,14,15). The fraction of sp³-hybridized carbons (Fsp3) is 0.846. The number of carbonyl (C=O) groups is 1. The van der Waals surface area contributed by atoms with Gasteiger partial charge in [0.15, 0.2) is 5.84 Å². The molecule has 1 heterocycles. The molecule has 0 bridgehead atoms. The van der Waals surface area contributed by atoms with E-state index in [0.29, 0.717) is 5.92 Å². The fourth-order valence-electron chi connectivity index (χ4n) is 2.50. The number of hydrogen-bond acceptors (Lipinski definition) is 3. The third-order valence-corrected chi connectivity index (χ3v) is 3.70. The van der Waals surface area contributed by atoms with Gasteiger partial charge in [-0.15, -0.1) is 0 Å². The van der Waals surface area contributed by atoms with Gasteiger partial charge >= 0.3 is 0 Å². The molecule has 5 heteroatoms. The fourth-order valence-corrected chi connectivity index (χ4v) is 2.50. The Bertz CT molecular complexity index is 315. The lowest BCUT2D eigenvalue weighted by molar-refractivity contribution is -0.134. The number of nitrogens with two attached hydrogens (primary N) is 1. The van der Waals surface area contributed by atoms with Gasteiger partial charge in [-0.1, -0.05) is 25.9 Å². The van der Waals surface area contributed by atoms with Gasteiger partial charge in [-0.05, 0) is 31.1 Å². The lowest BCUT2D eigenvalue weighted by Crippen LogP contribution is -2.44. The van der Waals surface area contributed by atoms with Crippen LogP contribution in [0.25, 0.3) is 0 Å². The third kappa shape index (κ3) is 3.62. The highest BCUT2D eigenvalue weighted by Crippen LogP contribution is 2.21. The molecular weight excluding hydrogens is 230 g/mol. The number of likely N-dealkylation sites (tertiary alicyclic amines) is 1. The van der Waals surface area contributed by atoms with E-state index in [1.165, 1.54) is 6.42 Å². The van der Waals surface area contributed by atoms with Gasteiger partial charge in [-0.2, -0.15) is 0 Å². The highest BCUT2D eigenvalue weighted by atomic mass is 16.4. The summed E-state index contributed by atoms with van der Waals surface area (Å²) in [6, 6.07) is 0. The molecule has 0 saturated carbocycles. The van der Waals surface area contributed by atoms with Crippen molar-refractivity contribution in [2.24, 2.45) is 28.6 Å². The van der Waals surface area contributed by atoms with E-state index in [9.17, 15) is 4.79 Å². The van der Waals surface area contributed by atoms with Crippen LogP contribution in [0.15, 0.2) is 5.16 Å². The summed E-state index contributed by atoms with van der Waals surface area (Å²) >= 11 is 0. The van der Waals surface area contributed by atoms with Crippen molar-refractivity contribution in [2.75, 3.05) is 13.1 Å². The summed E-state index contributed by atoms with van der Waals surface area (Å²) in [5, 5.41) is 11.8. The molecule has 1 rings (SSSR count). The zero-order valence-electron chi connectivity index (χ0n) is 11.6. The van der Waals surface area contributed by atoms with Crippen molar-refractivity contribution in [3.05, 3.63) is 0 Å². The molecule has 1 fully saturated rings. The van der Waals surface area contributed by atoms with Gasteiger partial charge in [0.2, 0.25) is 5.91 Å². The van der Waals surface area contributed by atoms with Crippen LogP contribution in [0.1, 0.15) is 40.0 Å². The van der Waals surface area contributed by atoms with Crippen LogP contribution in [-0.4, -0.2) is 34.9 Å². The molecule has 1 saturated heterocycles. The molecule has 1 aliphatic rings. The number of nitrogens with zero attached hydrogens (tertiary/aromatic N) is 2.